The van der Waals surface area contributed by atoms with Gasteiger partial charge in [0.2, 0.25) is 11.1 Å². The van der Waals surface area contributed by atoms with E-state index >= 15 is 0 Å². The molecule has 13 heteroatoms. The third-order valence-corrected chi connectivity index (χ3v) is 8.22. The Hall–Kier alpha value is -2.51. The summed E-state index contributed by atoms with van der Waals surface area (Å²) in [4.78, 5) is 25.7. The molecule has 1 atom stereocenters. The van der Waals surface area contributed by atoms with Gasteiger partial charge < -0.3 is 5.32 Å². The number of nitrogens with zero attached hydrogens (tertiary/aromatic N) is 5. The van der Waals surface area contributed by atoms with E-state index in [2.05, 4.69) is 14.8 Å². The summed E-state index contributed by atoms with van der Waals surface area (Å²) in [7, 11) is -1.70. The number of rotatable bonds is 4. The van der Waals surface area contributed by atoms with Gasteiger partial charge in [0.15, 0.2) is 4.38 Å². The first-order chi connectivity index (χ1) is 14.7. The van der Waals surface area contributed by atoms with Crippen molar-refractivity contribution in [3.8, 4) is 5.69 Å². The molecule has 4 rings (SSSR count). The van der Waals surface area contributed by atoms with Crippen molar-refractivity contribution in [1.29, 1.82) is 0 Å². The quantitative estimate of drug-likeness (QED) is 0.706. The van der Waals surface area contributed by atoms with Gasteiger partial charge in [0.25, 0.3) is 15.6 Å². The molecule has 0 spiro atoms. The molecule has 1 aromatic heterocycles. The summed E-state index contributed by atoms with van der Waals surface area (Å²) in [5.74, 6) is -0.436. The van der Waals surface area contributed by atoms with Crippen molar-refractivity contribution >= 4 is 54.7 Å². The summed E-state index contributed by atoms with van der Waals surface area (Å²) in [6, 6.07) is 9.17. The van der Waals surface area contributed by atoms with Crippen LogP contribution in [-0.2, 0) is 21.9 Å². The van der Waals surface area contributed by atoms with E-state index in [1.165, 1.54) is 21.5 Å². The number of fused-ring (bicyclic) bond motifs is 1. The summed E-state index contributed by atoms with van der Waals surface area (Å²) in [6.45, 7) is 3.70. The Labute approximate surface area is 187 Å². The van der Waals surface area contributed by atoms with E-state index < -0.39 is 15.3 Å². The van der Waals surface area contributed by atoms with Crippen LogP contribution in [0.5, 0.6) is 0 Å². The molecule has 2 aromatic rings. The van der Waals surface area contributed by atoms with Gasteiger partial charge in [-0.25, -0.2) is 18.1 Å². The second kappa shape index (κ2) is 8.20. The molecule has 0 saturated carbocycles. The number of hydrazone groups is 1. The molecule has 10 nitrogen and oxygen atoms in total. The number of benzene rings is 1. The zero-order valence-corrected chi connectivity index (χ0v) is 19.4. The normalized spacial score (nSPS) is 18.2. The minimum absolute atomic E-state index is 0.0878. The van der Waals surface area contributed by atoms with Crippen molar-refractivity contribution in [2.24, 2.45) is 16.5 Å². The van der Waals surface area contributed by atoms with Gasteiger partial charge in [0.05, 0.1) is 28.9 Å². The fourth-order valence-corrected chi connectivity index (χ4v) is 6.37. The van der Waals surface area contributed by atoms with Crippen molar-refractivity contribution in [1.82, 2.24) is 14.4 Å². The predicted molar refractivity (Wildman–Crippen MR) is 124 cm³/mol. The summed E-state index contributed by atoms with van der Waals surface area (Å²) < 4.78 is 30.7. The SMILES string of the molecule is Cc1c(NC(=O)[C@@H](C)SC2=NN3CCS(=O)(=O)N=C3S2)c(=O)n(-c2ccccc2)n1C. The number of thioether (sulfide) groups is 2. The Morgan fingerprint density at radius 2 is 2.00 bits per heavy atom. The second-order valence-corrected chi connectivity index (χ2v) is 11.2. The third kappa shape index (κ3) is 4.29. The number of amides is 1. The first-order valence-electron chi connectivity index (χ1n) is 9.34. The van der Waals surface area contributed by atoms with Crippen LogP contribution in [0, 0.1) is 6.92 Å². The third-order valence-electron chi connectivity index (χ3n) is 4.83. The lowest BCUT2D eigenvalue weighted by Crippen LogP contribution is -2.31. The molecule has 0 unspecified atom stereocenters. The van der Waals surface area contributed by atoms with Gasteiger partial charge in [-0.15, -0.1) is 4.40 Å². The zero-order chi connectivity index (χ0) is 22.3. The topological polar surface area (TPSA) is 118 Å². The van der Waals surface area contributed by atoms with Crippen molar-refractivity contribution in [2.75, 3.05) is 17.6 Å². The fourth-order valence-electron chi connectivity index (χ4n) is 3.06. The Morgan fingerprint density at radius 3 is 2.71 bits per heavy atom. The maximum absolute atomic E-state index is 13.0. The average Bonchev–Trinajstić information content (AvgIpc) is 3.20. The Kier molecular flexibility index (Phi) is 5.75. The van der Waals surface area contributed by atoms with Gasteiger partial charge in [-0.3, -0.25) is 14.3 Å². The lowest BCUT2D eigenvalue weighted by Gasteiger charge is -2.16. The number of amidine groups is 1. The number of anilines is 1. The van der Waals surface area contributed by atoms with E-state index in [9.17, 15) is 18.0 Å². The van der Waals surface area contributed by atoms with Crippen LogP contribution in [0.25, 0.3) is 5.69 Å². The van der Waals surface area contributed by atoms with Crippen LogP contribution in [-0.4, -0.2) is 55.8 Å². The van der Waals surface area contributed by atoms with E-state index in [0.717, 1.165) is 11.8 Å². The highest BCUT2D eigenvalue weighted by atomic mass is 32.2. The Bertz CT molecular complexity index is 1260. The molecule has 3 heterocycles. The van der Waals surface area contributed by atoms with Gasteiger partial charge in [-0.1, -0.05) is 30.0 Å². The van der Waals surface area contributed by atoms with Gasteiger partial charge in [-0.2, -0.15) is 5.10 Å². The molecule has 0 fully saturated rings. The summed E-state index contributed by atoms with van der Waals surface area (Å²) in [6.07, 6.45) is 0. The molecule has 2 aliphatic heterocycles. The summed E-state index contributed by atoms with van der Waals surface area (Å²) in [5.41, 5.74) is 1.23. The number of hydrogen-bond donors (Lipinski definition) is 1. The molecule has 0 saturated heterocycles. The van der Waals surface area contributed by atoms with Gasteiger partial charge in [0, 0.05) is 7.05 Å². The number of carbonyl (C=O) groups is 1. The number of hydrogen-bond acceptors (Lipinski definition) is 8. The Morgan fingerprint density at radius 1 is 1.29 bits per heavy atom. The number of para-hydroxylation sites is 1. The monoisotopic (exact) mass is 480 g/mol. The number of aromatic nitrogens is 2. The van der Waals surface area contributed by atoms with Crippen LogP contribution in [0.15, 0.2) is 44.6 Å². The van der Waals surface area contributed by atoms with Crippen LogP contribution in [0.4, 0.5) is 5.69 Å². The van der Waals surface area contributed by atoms with Crippen LogP contribution < -0.4 is 10.9 Å². The zero-order valence-electron chi connectivity index (χ0n) is 17.0. The molecule has 0 aliphatic carbocycles. The van der Waals surface area contributed by atoms with Gasteiger partial charge in [0.1, 0.15) is 5.69 Å². The van der Waals surface area contributed by atoms with E-state index in [1.807, 2.05) is 30.3 Å². The van der Waals surface area contributed by atoms with Crippen LogP contribution in [0.1, 0.15) is 12.6 Å². The Balaban J connectivity index is 1.49. The molecule has 2 aliphatic rings. The maximum atomic E-state index is 13.0. The smallest absolute Gasteiger partial charge is 0.295 e. The average molecular weight is 481 g/mol. The van der Waals surface area contributed by atoms with E-state index in [1.54, 1.807) is 25.6 Å². The first kappa shape index (κ1) is 21.7. The first-order valence-corrected chi connectivity index (χ1v) is 12.6. The van der Waals surface area contributed by atoms with E-state index in [4.69, 9.17) is 0 Å². The van der Waals surface area contributed by atoms with Crippen molar-refractivity contribution in [2.45, 2.75) is 19.1 Å². The standard InChI is InChI=1S/C18H20N6O4S3/c1-11-14(16(26)24(22(11)3)13-7-5-4-6-8-13)19-15(25)12(2)29-18-20-23-9-10-31(27,28)21-17(23)30-18/h4-8,12H,9-10H2,1-3H3,(H,19,25)/t12-/m1/s1. The highest BCUT2D eigenvalue weighted by Crippen LogP contribution is 2.32. The van der Waals surface area contributed by atoms with Crippen LogP contribution in [0.2, 0.25) is 0 Å². The van der Waals surface area contributed by atoms with Crippen molar-refractivity contribution in [3.05, 3.63) is 46.4 Å². The van der Waals surface area contributed by atoms with Gasteiger partial charge in [-0.05, 0) is 37.7 Å². The molecule has 1 amide bonds. The highest BCUT2D eigenvalue weighted by molar-refractivity contribution is 8.45. The lowest BCUT2D eigenvalue weighted by molar-refractivity contribution is -0.115. The largest absolute Gasteiger partial charge is 0.319 e. The molecular weight excluding hydrogens is 460 g/mol. The molecule has 164 valence electrons. The molecule has 1 N–H and O–H groups in total. The molecule has 1 aromatic carbocycles. The van der Waals surface area contributed by atoms with E-state index in [0.29, 0.717) is 20.9 Å². The maximum Gasteiger partial charge on any atom is 0.295 e. The number of sulfonamides is 1. The molecule has 0 radical (unpaired) electrons. The second-order valence-electron chi connectivity index (χ2n) is 6.94. The number of nitrogens with one attached hydrogen (secondary N) is 1. The highest BCUT2D eigenvalue weighted by Gasteiger charge is 2.33. The van der Waals surface area contributed by atoms with Crippen molar-refractivity contribution < 1.29 is 13.2 Å². The number of carbonyl (C=O) groups excluding carboxylic acids is 1. The molecule has 0 bridgehead atoms. The fraction of sp³-hybridized carbons (Fsp3) is 0.333. The molecular formula is C18H20N6O4S3. The summed E-state index contributed by atoms with van der Waals surface area (Å²) >= 11 is 2.31. The van der Waals surface area contributed by atoms with Crippen LogP contribution in [0.3, 0.4) is 0 Å². The van der Waals surface area contributed by atoms with E-state index in [-0.39, 0.29) is 29.5 Å². The van der Waals surface area contributed by atoms with Crippen molar-refractivity contribution in [3.63, 3.8) is 0 Å². The predicted octanol–water partition coefficient (Wildman–Crippen LogP) is 1.56. The minimum atomic E-state index is -3.46. The minimum Gasteiger partial charge on any atom is -0.319 e. The lowest BCUT2D eigenvalue weighted by atomic mass is 10.3. The summed E-state index contributed by atoms with van der Waals surface area (Å²) in [5, 5.41) is 8.33. The van der Waals surface area contributed by atoms with Gasteiger partial charge >= 0.3 is 0 Å². The molecule has 31 heavy (non-hydrogen) atoms. The van der Waals surface area contributed by atoms with Crippen LogP contribution >= 0.6 is 23.5 Å².